The van der Waals surface area contributed by atoms with E-state index < -0.39 is 10.0 Å². The van der Waals surface area contributed by atoms with Crippen molar-refractivity contribution in [3.8, 4) is 0 Å². The SMILES string of the molecule is Nc1ccncc1N1CC(CS(N)(=O)=O)CC1=O. The maximum atomic E-state index is 11.8. The predicted molar refractivity (Wildman–Crippen MR) is 67.1 cm³/mol. The number of nitrogen functional groups attached to an aromatic ring is 1. The Morgan fingerprint density at radius 2 is 2.22 bits per heavy atom. The molecule has 1 atom stereocenters. The number of hydrogen-bond acceptors (Lipinski definition) is 5. The molecule has 1 aliphatic rings. The highest BCUT2D eigenvalue weighted by atomic mass is 32.2. The van der Waals surface area contributed by atoms with E-state index in [1.165, 1.54) is 17.3 Å². The molecule has 0 spiro atoms. The smallest absolute Gasteiger partial charge is 0.227 e. The van der Waals surface area contributed by atoms with Crippen molar-refractivity contribution in [2.24, 2.45) is 11.1 Å². The molecule has 1 amide bonds. The number of carbonyl (C=O) groups excluding carboxylic acids is 1. The van der Waals surface area contributed by atoms with Gasteiger partial charge in [0.05, 0.1) is 23.3 Å². The first-order valence-corrected chi connectivity index (χ1v) is 7.08. The summed E-state index contributed by atoms with van der Waals surface area (Å²) in [7, 11) is -3.57. The van der Waals surface area contributed by atoms with Gasteiger partial charge in [0, 0.05) is 25.1 Å². The van der Waals surface area contributed by atoms with Crippen LogP contribution >= 0.6 is 0 Å². The van der Waals surface area contributed by atoms with Crippen molar-refractivity contribution in [1.82, 2.24) is 4.98 Å². The standard InChI is InChI=1S/C10H14N4O3S/c11-8-1-2-13-4-9(8)14-5-7(3-10(14)15)6-18(12,16)17/h1-2,4,7H,3,5-6H2,(H2,11,13)(H2,12,16,17). The van der Waals surface area contributed by atoms with Crippen LogP contribution in [0, 0.1) is 5.92 Å². The molecule has 8 heteroatoms. The molecule has 0 radical (unpaired) electrons. The van der Waals surface area contributed by atoms with E-state index in [1.807, 2.05) is 0 Å². The molecule has 0 bridgehead atoms. The van der Waals surface area contributed by atoms with Crippen molar-refractivity contribution in [3.63, 3.8) is 0 Å². The highest BCUT2D eigenvalue weighted by Gasteiger charge is 2.33. The summed E-state index contributed by atoms with van der Waals surface area (Å²) in [5.41, 5.74) is 6.71. The van der Waals surface area contributed by atoms with Gasteiger partial charge in [-0.1, -0.05) is 0 Å². The van der Waals surface area contributed by atoms with Crippen molar-refractivity contribution in [1.29, 1.82) is 0 Å². The number of rotatable bonds is 3. The number of aromatic nitrogens is 1. The summed E-state index contributed by atoms with van der Waals surface area (Å²) in [5.74, 6) is -0.662. The van der Waals surface area contributed by atoms with Crippen molar-refractivity contribution in [3.05, 3.63) is 18.5 Å². The highest BCUT2D eigenvalue weighted by molar-refractivity contribution is 7.89. The van der Waals surface area contributed by atoms with Gasteiger partial charge in [0.1, 0.15) is 0 Å². The number of anilines is 2. The molecular formula is C10H14N4O3S. The fraction of sp³-hybridized carbons (Fsp3) is 0.400. The number of hydrogen-bond donors (Lipinski definition) is 2. The van der Waals surface area contributed by atoms with Crippen LogP contribution in [0.1, 0.15) is 6.42 Å². The van der Waals surface area contributed by atoms with Crippen LogP contribution in [0.25, 0.3) is 0 Å². The minimum absolute atomic E-state index is 0.158. The van der Waals surface area contributed by atoms with Gasteiger partial charge in [-0.2, -0.15) is 0 Å². The molecule has 0 aliphatic carbocycles. The van der Waals surface area contributed by atoms with Gasteiger partial charge in [-0.25, -0.2) is 13.6 Å². The summed E-state index contributed by atoms with van der Waals surface area (Å²) in [6.45, 7) is 0.297. The fourth-order valence-electron chi connectivity index (χ4n) is 2.08. The summed E-state index contributed by atoms with van der Waals surface area (Å²) in [4.78, 5) is 17.2. The van der Waals surface area contributed by atoms with Crippen molar-refractivity contribution < 1.29 is 13.2 Å². The quantitative estimate of drug-likeness (QED) is 0.753. The van der Waals surface area contributed by atoms with Crippen molar-refractivity contribution in [2.75, 3.05) is 22.9 Å². The zero-order valence-electron chi connectivity index (χ0n) is 9.61. The molecule has 0 aromatic carbocycles. The summed E-state index contributed by atoms with van der Waals surface area (Å²) >= 11 is 0. The lowest BCUT2D eigenvalue weighted by Crippen LogP contribution is -2.28. The fourth-order valence-corrected chi connectivity index (χ4v) is 2.96. The second-order valence-electron chi connectivity index (χ2n) is 4.34. The van der Waals surface area contributed by atoms with Gasteiger partial charge < -0.3 is 10.6 Å². The lowest BCUT2D eigenvalue weighted by Gasteiger charge is -2.17. The maximum absolute atomic E-state index is 11.8. The number of amides is 1. The topological polar surface area (TPSA) is 119 Å². The number of primary sulfonamides is 1. The second kappa shape index (κ2) is 4.54. The zero-order valence-corrected chi connectivity index (χ0v) is 10.4. The van der Waals surface area contributed by atoms with E-state index >= 15 is 0 Å². The molecule has 1 saturated heterocycles. The van der Waals surface area contributed by atoms with Crippen molar-refractivity contribution >= 4 is 27.3 Å². The van der Waals surface area contributed by atoms with Gasteiger partial charge in [0.15, 0.2) is 0 Å². The molecule has 1 aromatic rings. The van der Waals surface area contributed by atoms with E-state index in [9.17, 15) is 13.2 Å². The zero-order chi connectivity index (χ0) is 13.3. The molecule has 1 fully saturated rings. The van der Waals surface area contributed by atoms with Crippen LogP contribution in [-0.4, -0.2) is 31.6 Å². The minimum atomic E-state index is -3.57. The van der Waals surface area contributed by atoms with Crippen LogP contribution in [0.15, 0.2) is 18.5 Å². The van der Waals surface area contributed by atoms with E-state index in [0.29, 0.717) is 17.9 Å². The number of pyridine rings is 1. The average molecular weight is 270 g/mol. The molecule has 4 N–H and O–H groups in total. The molecule has 2 rings (SSSR count). The van der Waals surface area contributed by atoms with Gasteiger partial charge in [-0.3, -0.25) is 9.78 Å². The van der Waals surface area contributed by atoms with E-state index in [0.717, 1.165) is 0 Å². The molecule has 1 unspecified atom stereocenters. The average Bonchev–Trinajstić information content (AvgIpc) is 2.57. The van der Waals surface area contributed by atoms with Crippen LogP contribution in [-0.2, 0) is 14.8 Å². The van der Waals surface area contributed by atoms with Crippen LogP contribution in [0.4, 0.5) is 11.4 Å². The molecule has 1 aromatic heterocycles. The first kappa shape index (κ1) is 12.8. The third-order valence-corrected chi connectivity index (χ3v) is 3.73. The molecular weight excluding hydrogens is 256 g/mol. The molecule has 7 nitrogen and oxygen atoms in total. The monoisotopic (exact) mass is 270 g/mol. The Morgan fingerprint density at radius 3 is 2.83 bits per heavy atom. The molecule has 18 heavy (non-hydrogen) atoms. The van der Waals surface area contributed by atoms with E-state index in [1.54, 1.807) is 6.07 Å². The lowest BCUT2D eigenvalue weighted by molar-refractivity contribution is -0.117. The summed E-state index contributed by atoms with van der Waals surface area (Å²) in [6, 6.07) is 1.59. The number of nitrogens with two attached hydrogens (primary N) is 2. The first-order chi connectivity index (χ1) is 8.37. The maximum Gasteiger partial charge on any atom is 0.227 e. The van der Waals surface area contributed by atoms with Crippen molar-refractivity contribution in [2.45, 2.75) is 6.42 Å². The Balaban J connectivity index is 2.18. The van der Waals surface area contributed by atoms with Crippen LogP contribution in [0.5, 0.6) is 0 Å². The molecule has 1 aliphatic heterocycles. The summed E-state index contributed by atoms with van der Waals surface area (Å²) in [5, 5.41) is 4.98. The van der Waals surface area contributed by atoms with Crippen LogP contribution in [0.2, 0.25) is 0 Å². The molecule has 0 saturated carbocycles. The normalized spacial score (nSPS) is 20.4. The highest BCUT2D eigenvalue weighted by Crippen LogP contribution is 2.29. The van der Waals surface area contributed by atoms with Gasteiger partial charge in [-0.05, 0) is 6.07 Å². The number of carbonyl (C=O) groups is 1. The van der Waals surface area contributed by atoms with E-state index in [-0.39, 0.29) is 24.0 Å². The number of nitrogens with zero attached hydrogens (tertiary/aromatic N) is 2. The number of sulfonamides is 1. The Kier molecular flexibility index (Phi) is 3.22. The minimum Gasteiger partial charge on any atom is -0.397 e. The summed E-state index contributed by atoms with van der Waals surface area (Å²) in [6.07, 6.45) is 3.18. The van der Waals surface area contributed by atoms with Gasteiger partial charge in [0.2, 0.25) is 15.9 Å². The Labute approximate surface area is 105 Å². The lowest BCUT2D eigenvalue weighted by atomic mass is 10.1. The molecule has 98 valence electrons. The largest absolute Gasteiger partial charge is 0.397 e. The third kappa shape index (κ3) is 2.77. The third-order valence-electron chi connectivity index (χ3n) is 2.80. The Bertz CT molecular complexity index is 572. The predicted octanol–water partition coefficient (Wildman–Crippen LogP) is -0.695. The summed E-state index contributed by atoms with van der Waals surface area (Å²) < 4.78 is 22.0. The molecule has 2 heterocycles. The van der Waals surface area contributed by atoms with Gasteiger partial charge >= 0.3 is 0 Å². The Morgan fingerprint density at radius 1 is 1.50 bits per heavy atom. The van der Waals surface area contributed by atoms with Gasteiger partial charge in [-0.15, -0.1) is 0 Å². The Hall–Kier alpha value is -1.67. The van der Waals surface area contributed by atoms with E-state index in [2.05, 4.69) is 4.98 Å². The van der Waals surface area contributed by atoms with Gasteiger partial charge in [0.25, 0.3) is 0 Å². The second-order valence-corrected chi connectivity index (χ2v) is 6.00. The van der Waals surface area contributed by atoms with Crippen LogP contribution < -0.4 is 15.8 Å². The van der Waals surface area contributed by atoms with Crippen LogP contribution in [0.3, 0.4) is 0 Å². The van der Waals surface area contributed by atoms with E-state index in [4.69, 9.17) is 10.9 Å². The first-order valence-electron chi connectivity index (χ1n) is 5.37.